The molecule has 0 unspecified atom stereocenters. The topological polar surface area (TPSA) is 65.7 Å². The van der Waals surface area contributed by atoms with Crippen LogP contribution in [0.1, 0.15) is 21.5 Å². The fraction of sp³-hybridized carbons (Fsp3) is 0.100. The minimum Gasteiger partial charge on any atom is -0.497 e. The second kappa shape index (κ2) is 7.45. The van der Waals surface area contributed by atoms with Gasteiger partial charge in [-0.3, -0.25) is 0 Å². The molecule has 1 heterocycles. The van der Waals surface area contributed by atoms with Crippen LogP contribution in [0.25, 0.3) is 16.7 Å². The Morgan fingerprint density at radius 1 is 1.15 bits per heavy atom. The summed E-state index contributed by atoms with van der Waals surface area (Å²) in [4.78, 5) is 24.4. The summed E-state index contributed by atoms with van der Waals surface area (Å²) in [6, 6.07) is 13.2. The van der Waals surface area contributed by atoms with Crippen LogP contribution in [0.2, 0.25) is 0 Å². The molecule has 0 aliphatic heterocycles. The number of methoxy groups -OCH3 is 1. The summed E-state index contributed by atoms with van der Waals surface area (Å²) in [7, 11) is 1.52. The van der Waals surface area contributed by atoms with Gasteiger partial charge in [-0.05, 0) is 48.0 Å². The highest BCUT2D eigenvalue weighted by atomic mass is 35.5. The molecule has 0 saturated heterocycles. The largest absolute Gasteiger partial charge is 0.497 e. The molecule has 132 valence electrons. The van der Waals surface area contributed by atoms with Crippen molar-refractivity contribution in [2.75, 3.05) is 7.11 Å². The maximum Gasteiger partial charge on any atom is 0.351 e. The van der Waals surface area contributed by atoms with Gasteiger partial charge in [-0.15, -0.1) is 11.6 Å². The summed E-state index contributed by atoms with van der Waals surface area (Å²) in [6.45, 7) is 3.74. The molecule has 0 atom stereocenters. The molecule has 1 aromatic heterocycles. The lowest BCUT2D eigenvalue weighted by Gasteiger charge is -2.07. The first-order valence-corrected chi connectivity index (χ1v) is 8.23. The van der Waals surface area contributed by atoms with Crippen LogP contribution in [-0.4, -0.2) is 13.1 Å². The van der Waals surface area contributed by atoms with E-state index in [0.717, 1.165) is 11.1 Å². The SMILES string of the molecule is C=C(OC)c1ccc(OC(=O)c2cc3cc(CCl)ccc3oc2=O)cc1. The Morgan fingerprint density at radius 3 is 2.54 bits per heavy atom. The fourth-order valence-corrected chi connectivity index (χ4v) is 2.55. The number of ether oxygens (including phenoxy) is 2. The Morgan fingerprint density at radius 2 is 1.88 bits per heavy atom. The molecular weight excluding hydrogens is 356 g/mol. The van der Waals surface area contributed by atoms with Gasteiger partial charge in [0, 0.05) is 16.8 Å². The number of rotatable bonds is 5. The van der Waals surface area contributed by atoms with Crippen molar-refractivity contribution < 1.29 is 18.7 Å². The van der Waals surface area contributed by atoms with Gasteiger partial charge in [-0.1, -0.05) is 12.6 Å². The minimum atomic E-state index is -0.796. The lowest BCUT2D eigenvalue weighted by molar-refractivity contribution is 0.0730. The molecule has 0 radical (unpaired) electrons. The lowest BCUT2D eigenvalue weighted by Crippen LogP contribution is -2.18. The smallest absolute Gasteiger partial charge is 0.351 e. The van der Waals surface area contributed by atoms with Gasteiger partial charge in [0.1, 0.15) is 22.7 Å². The highest BCUT2D eigenvalue weighted by Gasteiger charge is 2.16. The number of carbonyl (C=O) groups is 1. The zero-order chi connectivity index (χ0) is 18.7. The third kappa shape index (κ3) is 3.63. The van der Waals surface area contributed by atoms with Crippen molar-refractivity contribution in [3.05, 3.63) is 82.2 Å². The van der Waals surface area contributed by atoms with Crippen molar-refractivity contribution in [3.63, 3.8) is 0 Å². The predicted molar refractivity (Wildman–Crippen MR) is 99.5 cm³/mol. The van der Waals surface area contributed by atoms with Crippen molar-refractivity contribution in [1.29, 1.82) is 0 Å². The Hall–Kier alpha value is -3.05. The van der Waals surface area contributed by atoms with Crippen LogP contribution in [0.15, 0.2) is 64.3 Å². The Labute approximate surface area is 154 Å². The molecule has 0 fully saturated rings. The van der Waals surface area contributed by atoms with E-state index >= 15 is 0 Å². The van der Waals surface area contributed by atoms with Crippen LogP contribution >= 0.6 is 11.6 Å². The molecule has 0 saturated carbocycles. The molecule has 0 spiro atoms. The molecule has 6 heteroatoms. The van der Waals surface area contributed by atoms with E-state index < -0.39 is 11.6 Å². The number of carbonyl (C=O) groups excluding carboxylic acids is 1. The molecule has 0 bridgehead atoms. The van der Waals surface area contributed by atoms with E-state index in [2.05, 4.69) is 6.58 Å². The molecule has 2 aromatic carbocycles. The molecule has 3 rings (SSSR count). The normalized spacial score (nSPS) is 10.5. The summed E-state index contributed by atoms with van der Waals surface area (Å²) < 4.78 is 15.5. The summed E-state index contributed by atoms with van der Waals surface area (Å²) in [6.07, 6.45) is 0. The van der Waals surface area contributed by atoms with E-state index in [0.29, 0.717) is 22.6 Å². The van der Waals surface area contributed by atoms with Crippen molar-refractivity contribution in [2.45, 2.75) is 5.88 Å². The summed E-state index contributed by atoms with van der Waals surface area (Å²) in [5.41, 5.74) is 1.04. The zero-order valence-electron chi connectivity index (χ0n) is 14.0. The van der Waals surface area contributed by atoms with Crippen LogP contribution in [0.4, 0.5) is 0 Å². The number of fused-ring (bicyclic) bond motifs is 1. The summed E-state index contributed by atoms with van der Waals surface area (Å²) >= 11 is 5.81. The highest BCUT2D eigenvalue weighted by molar-refractivity contribution is 6.17. The third-order valence-electron chi connectivity index (χ3n) is 3.80. The standard InChI is InChI=1S/C20H15ClO5/c1-12(24-2)14-4-6-16(7-5-14)25-19(22)17-10-15-9-13(11-21)3-8-18(15)26-20(17)23/h3-10H,1,11H2,2H3. The number of esters is 1. The quantitative estimate of drug-likeness (QED) is 0.219. The van der Waals surface area contributed by atoms with Crippen molar-refractivity contribution in [3.8, 4) is 5.75 Å². The third-order valence-corrected chi connectivity index (χ3v) is 4.11. The Bertz CT molecular complexity index is 1030. The van der Waals surface area contributed by atoms with Crippen molar-refractivity contribution >= 4 is 34.3 Å². The molecule has 0 aliphatic carbocycles. The van der Waals surface area contributed by atoms with Gasteiger partial charge in [-0.2, -0.15) is 0 Å². The number of halogens is 1. The first-order chi connectivity index (χ1) is 12.5. The van der Waals surface area contributed by atoms with Crippen LogP contribution in [0.5, 0.6) is 5.75 Å². The maximum atomic E-state index is 12.4. The Balaban J connectivity index is 1.88. The molecule has 0 amide bonds. The van der Waals surface area contributed by atoms with Gasteiger partial charge >= 0.3 is 11.6 Å². The van der Waals surface area contributed by atoms with Crippen LogP contribution < -0.4 is 10.4 Å². The zero-order valence-corrected chi connectivity index (χ0v) is 14.7. The van der Waals surface area contributed by atoms with E-state index in [-0.39, 0.29) is 11.3 Å². The van der Waals surface area contributed by atoms with E-state index in [1.54, 1.807) is 42.5 Å². The van der Waals surface area contributed by atoms with E-state index in [1.165, 1.54) is 13.2 Å². The summed E-state index contributed by atoms with van der Waals surface area (Å²) in [5.74, 6) is 0.300. The number of alkyl halides is 1. The average Bonchev–Trinajstić information content (AvgIpc) is 2.67. The molecule has 3 aromatic rings. The lowest BCUT2D eigenvalue weighted by atomic mass is 10.1. The Kier molecular flexibility index (Phi) is 5.09. The number of hydrogen-bond acceptors (Lipinski definition) is 5. The van der Waals surface area contributed by atoms with Gasteiger partial charge in [-0.25, -0.2) is 9.59 Å². The maximum absolute atomic E-state index is 12.4. The van der Waals surface area contributed by atoms with Gasteiger partial charge in [0.15, 0.2) is 0 Å². The summed E-state index contributed by atoms with van der Waals surface area (Å²) in [5, 5.41) is 0.599. The van der Waals surface area contributed by atoms with Crippen LogP contribution in [0.3, 0.4) is 0 Å². The van der Waals surface area contributed by atoms with E-state index in [4.69, 9.17) is 25.5 Å². The second-order valence-electron chi connectivity index (χ2n) is 5.49. The monoisotopic (exact) mass is 370 g/mol. The molecular formula is C20H15ClO5. The number of benzene rings is 2. The second-order valence-corrected chi connectivity index (χ2v) is 5.76. The van der Waals surface area contributed by atoms with E-state index in [9.17, 15) is 9.59 Å². The van der Waals surface area contributed by atoms with Gasteiger partial charge < -0.3 is 13.9 Å². The van der Waals surface area contributed by atoms with Gasteiger partial charge in [0.2, 0.25) is 0 Å². The fourth-order valence-electron chi connectivity index (χ4n) is 2.39. The van der Waals surface area contributed by atoms with Gasteiger partial charge in [0.05, 0.1) is 7.11 Å². The average molecular weight is 371 g/mol. The predicted octanol–water partition coefficient (Wildman–Crippen LogP) is 4.37. The van der Waals surface area contributed by atoms with Gasteiger partial charge in [0.25, 0.3) is 0 Å². The number of hydrogen-bond donors (Lipinski definition) is 0. The molecule has 0 aliphatic rings. The first kappa shape index (κ1) is 17.8. The molecule has 5 nitrogen and oxygen atoms in total. The van der Waals surface area contributed by atoms with Crippen molar-refractivity contribution in [1.82, 2.24) is 0 Å². The van der Waals surface area contributed by atoms with Crippen molar-refractivity contribution in [2.24, 2.45) is 0 Å². The van der Waals surface area contributed by atoms with Crippen LogP contribution in [0, 0.1) is 0 Å². The van der Waals surface area contributed by atoms with E-state index in [1.807, 2.05) is 0 Å². The van der Waals surface area contributed by atoms with Crippen LogP contribution in [-0.2, 0) is 10.6 Å². The molecule has 0 N–H and O–H groups in total. The minimum absolute atomic E-state index is 0.186. The first-order valence-electron chi connectivity index (χ1n) is 7.70. The highest BCUT2D eigenvalue weighted by Crippen LogP contribution is 2.20. The molecule has 26 heavy (non-hydrogen) atoms.